The van der Waals surface area contributed by atoms with Crippen LogP contribution in [-0.4, -0.2) is 51.7 Å². The molecule has 2 fully saturated rings. The molecule has 1 unspecified atom stereocenters. The number of nitrogens with one attached hydrogen (secondary N) is 2. The van der Waals surface area contributed by atoms with E-state index in [0.717, 1.165) is 43.2 Å². The highest BCUT2D eigenvalue weighted by Crippen LogP contribution is 2.20. The molecule has 2 heterocycles. The van der Waals surface area contributed by atoms with Crippen LogP contribution in [0.15, 0.2) is 119 Å². The zero-order chi connectivity index (χ0) is 30.2. The molecule has 0 spiro atoms. The summed E-state index contributed by atoms with van der Waals surface area (Å²) in [6, 6.07) is 37.6. The van der Waals surface area contributed by atoms with Gasteiger partial charge in [0.15, 0.2) is 0 Å². The zero-order valence-electron chi connectivity index (χ0n) is 25.4. The molecule has 4 aromatic rings. The minimum absolute atomic E-state index is 0.612. The first-order chi connectivity index (χ1) is 21.7. The van der Waals surface area contributed by atoms with Gasteiger partial charge in [-0.15, -0.1) is 0 Å². The summed E-state index contributed by atoms with van der Waals surface area (Å²) in [6.07, 6.45) is 2.71. The van der Waals surface area contributed by atoms with Gasteiger partial charge < -0.3 is 0 Å². The number of hydrogen-bond acceptors (Lipinski definition) is 6. The van der Waals surface area contributed by atoms with Gasteiger partial charge >= 0.3 is 0 Å². The highest BCUT2D eigenvalue weighted by atomic mass is 32.2. The zero-order valence-corrected chi connectivity index (χ0v) is 27.9. The average molecular weight is 645 g/mol. The van der Waals surface area contributed by atoms with Gasteiger partial charge in [0.25, 0.3) is 0 Å². The molecule has 0 radical (unpaired) electrons. The molecule has 0 aromatic heterocycles. The molecule has 2 saturated heterocycles. The molecule has 0 amide bonds. The van der Waals surface area contributed by atoms with Crippen molar-refractivity contribution in [2.24, 2.45) is 0 Å². The lowest BCUT2D eigenvalue weighted by molar-refractivity contribution is 0.294. The summed E-state index contributed by atoms with van der Waals surface area (Å²) in [5.41, 5.74) is 5.12. The van der Waals surface area contributed by atoms with Crippen molar-refractivity contribution >= 4 is 34.7 Å². The average Bonchev–Trinajstić information content (AvgIpc) is 3.59. The van der Waals surface area contributed by atoms with E-state index >= 15 is 0 Å². The monoisotopic (exact) mass is 644 g/mol. The quantitative estimate of drug-likeness (QED) is 0.160. The molecule has 1 atom stereocenters. The third kappa shape index (κ3) is 11.5. The summed E-state index contributed by atoms with van der Waals surface area (Å²) >= 11 is 3.74. The van der Waals surface area contributed by atoms with Crippen molar-refractivity contribution in [1.29, 1.82) is 0 Å². The lowest BCUT2D eigenvalue weighted by Crippen LogP contribution is -2.32. The summed E-state index contributed by atoms with van der Waals surface area (Å²) in [4.78, 5) is 7.16. The van der Waals surface area contributed by atoms with Gasteiger partial charge in [0.2, 0.25) is 0 Å². The van der Waals surface area contributed by atoms with Gasteiger partial charge in [-0.25, -0.2) is 8.93 Å². The minimum Gasteiger partial charge on any atom is -0.299 e. The Morgan fingerprint density at radius 1 is 0.636 bits per heavy atom. The standard InChI is InChI=1S/C18H22N2OS2.C18H22N2S/c21-23(19-14-16-5-2-1-3-6-16)18-8-4-7-17(13-18)15-20-9-11-22-12-10-20;1-2-7-16(8-3-1)14-19-21-18-10-6-9-17(13-18)15-20-11-4-5-12-20/h1-8,13,19H,9-12,14-15H2;1-3,6-10,13,19H,4-5,11-12,14-15H2. The first-order valence-corrected chi connectivity index (χ1v) is 18.7. The van der Waals surface area contributed by atoms with Crippen molar-refractivity contribution in [3.63, 3.8) is 0 Å². The molecule has 0 saturated carbocycles. The van der Waals surface area contributed by atoms with Crippen LogP contribution in [0.1, 0.15) is 35.1 Å². The molecule has 2 aliphatic rings. The molecule has 0 bridgehead atoms. The van der Waals surface area contributed by atoms with Crippen LogP contribution in [0.25, 0.3) is 0 Å². The van der Waals surface area contributed by atoms with Crippen molar-refractivity contribution in [1.82, 2.24) is 19.2 Å². The molecule has 4 aromatic carbocycles. The van der Waals surface area contributed by atoms with Crippen LogP contribution in [0.3, 0.4) is 0 Å². The summed E-state index contributed by atoms with van der Waals surface area (Å²) in [5, 5.41) is 0. The van der Waals surface area contributed by atoms with E-state index in [9.17, 15) is 4.21 Å². The molecule has 44 heavy (non-hydrogen) atoms. The fraction of sp³-hybridized carbons (Fsp3) is 0.333. The fourth-order valence-corrected chi connectivity index (χ4v) is 7.98. The van der Waals surface area contributed by atoms with Gasteiger partial charge in [0.05, 0.1) is 4.90 Å². The van der Waals surface area contributed by atoms with Gasteiger partial charge in [-0.05, 0) is 84.4 Å². The molecule has 6 rings (SSSR count). The predicted molar refractivity (Wildman–Crippen MR) is 189 cm³/mol. The van der Waals surface area contributed by atoms with E-state index in [1.807, 2.05) is 54.2 Å². The van der Waals surface area contributed by atoms with Crippen LogP contribution >= 0.6 is 23.7 Å². The van der Waals surface area contributed by atoms with E-state index in [1.54, 1.807) is 11.9 Å². The molecular weight excluding hydrogens is 601 g/mol. The Bertz CT molecular complexity index is 1410. The van der Waals surface area contributed by atoms with Crippen LogP contribution in [0.2, 0.25) is 0 Å². The van der Waals surface area contributed by atoms with E-state index in [0.29, 0.717) is 6.54 Å². The number of rotatable bonds is 12. The first-order valence-electron chi connectivity index (χ1n) is 15.5. The molecule has 2 N–H and O–H groups in total. The topological polar surface area (TPSA) is 47.6 Å². The maximum atomic E-state index is 12.4. The summed E-state index contributed by atoms with van der Waals surface area (Å²) < 4.78 is 19.0. The molecule has 0 aliphatic carbocycles. The number of likely N-dealkylation sites (tertiary alicyclic amines) is 1. The third-order valence-electron chi connectivity index (χ3n) is 7.69. The fourth-order valence-electron chi connectivity index (χ4n) is 5.31. The van der Waals surface area contributed by atoms with Crippen molar-refractivity contribution in [2.75, 3.05) is 37.7 Å². The maximum Gasteiger partial charge on any atom is 0.125 e. The smallest absolute Gasteiger partial charge is 0.125 e. The van der Waals surface area contributed by atoms with E-state index in [1.165, 1.54) is 59.0 Å². The van der Waals surface area contributed by atoms with Crippen molar-refractivity contribution in [2.45, 2.75) is 48.8 Å². The summed E-state index contributed by atoms with van der Waals surface area (Å²) in [5.74, 6) is 2.43. The largest absolute Gasteiger partial charge is 0.299 e. The van der Waals surface area contributed by atoms with Gasteiger partial charge in [-0.1, -0.05) is 84.9 Å². The van der Waals surface area contributed by atoms with Gasteiger partial charge in [-0.2, -0.15) is 11.8 Å². The molecular formula is C36H44N4OS3. The van der Waals surface area contributed by atoms with Crippen LogP contribution < -0.4 is 9.44 Å². The normalized spacial score (nSPS) is 16.3. The SMILES string of the molecule is O=S(NCc1ccccc1)c1cccc(CN2CCSCC2)c1.c1ccc(CNSc2cccc(CN3CCCC3)c2)cc1. The minimum atomic E-state index is -1.17. The lowest BCUT2D eigenvalue weighted by atomic mass is 10.2. The van der Waals surface area contributed by atoms with Crippen LogP contribution in [0.5, 0.6) is 0 Å². The van der Waals surface area contributed by atoms with Crippen molar-refractivity contribution < 1.29 is 4.21 Å². The highest BCUT2D eigenvalue weighted by Gasteiger charge is 2.13. The Hall–Kier alpha value is -2.43. The molecule has 232 valence electrons. The molecule has 5 nitrogen and oxygen atoms in total. The van der Waals surface area contributed by atoms with E-state index < -0.39 is 11.0 Å². The lowest BCUT2D eigenvalue weighted by Gasteiger charge is -2.26. The van der Waals surface area contributed by atoms with Gasteiger partial charge in [-0.3, -0.25) is 14.5 Å². The number of nitrogens with zero attached hydrogens (tertiary/aromatic N) is 2. The summed E-state index contributed by atoms with van der Waals surface area (Å²) in [7, 11) is -1.17. The maximum absolute atomic E-state index is 12.4. The van der Waals surface area contributed by atoms with Crippen LogP contribution in [0, 0.1) is 0 Å². The van der Waals surface area contributed by atoms with E-state index in [4.69, 9.17) is 0 Å². The second-order valence-corrected chi connectivity index (χ2v) is 14.6. The Kier molecular flexibility index (Phi) is 13.9. The van der Waals surface area contributed by atoms with Crippen molar-refractivity contribution in [3.05, 3.63) is 131 Å². The van der Waals surface area contributed by atoms with E-state index in [-0.39, 0.29) is 0 Å². The molecule has 2 aliphatic heterocycles. The highest BCUT2D eigenvalue weighted by molar-refractivity contribution is 7.99. The number of benzene rings is 4. The Labute approximate surface area is 274 Å². The van der Waals surface area contributed by atoms with Crippen LogP contribution in [-0.2, 0) is 37.2 Å². The Morgan fingerprint density at radius 2 is 1.20 bits per heavy atom. The van der Waals surface area contributed by atoms with Crippen LogP contribution in [0.4, 0.5) is 0 Å². The second-order valence-electron chi connectivity index (χ2n) is 11.2. The van der Waals surface area contributed by atoms with Crippen molar-refractivity contribution in [3.8, 4) is 0 Å². The number of thioether (sulfide) groups is 1. The van der Waals surface area contributed by atoms with Gasteiger partial charge in [0, 0.05) is 55.7 Å². The first kappa shape index (κ1) is 32.9. The Morgan fingerprint density at radius 3 is 1.89 bits per heavy atom. The molecule has 8 heteroatoms. The van der Waals surface area contributed by atoms with E-state index in [2.05, 4.69) is 86.0 Å². The predicted octanol–water partition coefficient (Wildman–Crippen LogP) is 7.13. The number of hydrogen-bond donors (Lipinski definition) is 2. The van der Waals surface area contributed by atoms with Gasteiger partial charge in [0.1, 0.15) is 11.0 Å². The third-order valence-corrected chi connectivity index (χ3v) is 10.5. The second kappa shape index (κ2) is 18.5. The Balaban J connectivity index is 0.000000175. The summed E-state index contributed by atoms with van der Waals surface area (Å²) in [6.45, 7) is 8.34.